The highest BCUT2D eigenvalue weighted by Gasteiger charge is 2.21. The summed E-state index contributed by atoms with van der Waals surface area (Å²) < 4.78 is 13.9. The molecule has 0 spiro atoms. The Labute approximate surface area is 123 Å². The Hall–Kier alpha value is -0.810. The van der Waals surface area contributed by atoms with Gasteiger partial charge in [0.15, 0.2) is 0 Å². The van der Waals surface area contributed by atoms with Crippen LogP contribution in [0.25, 0.3) is 0 Å². The SMILES string of the molecule is CSC1CCC(Nc2ccc(C(N)=S)cc2F)CC1. The van der Waals surface area contributed by atoms with Crippen LogP contribution in [0.15, 0.2) is 18.2 Å². The van der Waals surface area contributed by atoms with Crippen LogP contribution in [-0.2, 0) is 0 Å². The molecular formula is C14H19FN2S2. The number of nitrogens with two attached hydrogens (primary N) is 1. The van der Waals surface area contributed by atoms with E-state index >= 15 is 0 Å². The van der Waals surface area contributed by atoms with Gasteiger partial charge in [0.1, 0.15) is 10.8 Å². The van der Waals surface area contributed by atoms with Gasteiger partial charge in [0.2, 0.25) is 0 Å². The van der Waals surface area contributed by atoms with Crippen LogP contribution in [0.3, 0.4) is 0 Å². The maximum atomic E-state index is 13.9. The molecular weight excluding hydrogens is 279 g/mol. The highest BCUT2D eigenvalue weighted by atomic mass is 32.2. The highest BCUT2D eigenvalue weighted by molar-refractivity contribution is 7.99. The van der Waals surface area contributed by atoms with Crippen molar-refractivity contribution in [1.29, 1.82) is 0 Å². The number of thioether (sulfide) groups is 1. The Morgan fingerprint density at radius 2 is 2.05 bits per heavy atom. The van der Waals surface area contributed by atoms with Gasteiger partial charge in [0, 0.05) is 16.9 Å². The molecule has 19 heavy (non-hydrogen) atoms. The van der Waals surface area contributed by atoms with Crippen molar-refractivity contribution in [3.63, 3.8) is 0 Å². The number of halogens is 1. The van der Waals surface area contributed by atoms with E-state index in [0.717, 1.165) is 18.1 Å². The van der Waals surface area contributed by atoms with Crippen LogP contribution in [0.5, 0.6) is 0 Å². The van der Waals surface area contributed by atoms with Crippen molar-refractivity contribution in [2.75, 3.05) is 11.6 Å². The monoisotopic (exact) mass is 298 g/mol. The summed E-state index contributed by atoms with van der Waals surface area (Å²) in [5.74, 6) is -0.280. The summed E-state index contributed by atoms with van der Waals surface area (Å²) >= 11 is 6.77. The minimum absolute atomic E-state index is 0.228. The fourth-order valence-corrected chi connectivity index (χ4v) is 3.32. The average Bonchev–Trinajstić information content (AvgIpc) is 2.41. The van der Waals surface area contributed by atoms with Crippen molar-refractivity contribution in [3.05, 3.63) is 29.6 Å². The van der Waals surface area contributed by atoms with Crippen molar-refractivity contribution < 1.29 is 4.39 Å². The molecule has 104 valence electrons. The molecule has 1 fully saturated rings. The summed E-state index contributed by atoms with van der Waals surface area (Å²) in [6.45, 7) is 0. The Morgan fingerprint density at radius 3 is 2.58 bits per heavy atom. The largest absolute Gasteiger partial charge is 0.389 e. The van der Waals surface area contributed by atoms with Crippen molar-refractivity contribution in [1.82, 2.24) is 0 Å². The lowest BCUT2D eigenvalue weighted by molar-refractivity contribution is 0.471. The molecule has 0 radical (unpaired) electrons. The van der Waals surface area contributed by atoms with Gasteiger partial charge in [-0.25, -0.2) is 4.39 Å². The molecule has 0 amide bonds. The van der Waals surface area contributed by atoms with E-state index in [0.29, 0.717) is 17.3 Å². The summed E-state index contributed by atoms with van der Waals surface area (Å²) in [7, 11) is 0. The molecule has 2 rings (SSSR count). The van der Waals surface area contributed by atoms with Crippen molar-refractivity contribution in [2.45, 2.75) is 37.0 Å². The summed E-state index contributed by atoms with van der Waals surface area (Å²) in [6, 6.07) is 5.26. The molecule has 0 bridgehead atoms. The summed E-state index contributed by atoms with van der Waals surface area (Å²) in [4.78, 5) is 0.228. The molecule has 0 aliphatic heterocycles. The van der Waals surface area contributed by atoms with Gasteiger partial charge in [-0.3, -0.25) is 0 Å². The van der Waals surface area contributed by atoms with Gasteiger partial charge in [-0.1, -0.05) is 12.2 Å². The quantitative estimate of drug-likeness (QED) is 0.834. The first-order valence-electron chi connectivity index (χ1n) is 6.49. The first-order valence-corrected chi connectivity index (χ1v) is 8.18. The first kappa shape index (κ1) is 14.6. The molecule has 0 aromatic heterocycles. The highest BCUT2D eigenvalue weighted by Crippen LogP contribution is 2.29. The molecule has 1 aliphatic carbocycles. The van der Waals surface area contributed by atoms with Crippen LogP contribution in [0.4, 0.5) is 10.1 Å². The molecule has 1 aromatic rings. The zero-order valence-electron chi connectivity index (χ0n) is 11.0. The zero-order valence-corrected chi connectivity index (χ0v) is 12.6. The van der Waals surface area contributed by atoms with Crippen LogP contribution in [0.1, 0.15) is 31.2 Å². The van der Waals surface area contributed by atoms with E-state index in [1.165, 1.54) is 18.9 Å². The van der Waals surface area contributed by atoms with E-state index in [4.69, 9.17) is 18.0 Å². The number of thiocarbonyl (C=S) groups is 1. The topological polar surface area (TPSA) is 38.0 Å². The molecule has 1 aliphatic rings. The first-order chi connectivity index (χ1) is 9.10. The van der Waals surface area contributed by atoms with E-state index in [2.05, 4.69) is 11.6 Å². The summed E-state index contributed by atoms with van der Waals surface area (Å²) in [5.41, 5.74) is 6.61. The van der Waals surface area contributed by atoms with Gasteiger partial charge >= 0.3 is 0 Å². The lowest BCUT2D eigenvalue weighted by Gasteiger charge is -2.28. The zero-order chi connectivity index (χ0) is 13.8. The maximum Gasteiger partial charge on any atom is 0.146 e. The van der Waals surface area contributed by atoms with Gasteiger partial charge < -0.3 is 11.1 Å². The predicted octanol–water partition coefficient (Wildman–Crippen LogP) is 3.55. The minimum Gasteiger partial charge on any atom is -0.389 e. The summed E-state index contributed by atoms with van der Waals surface area (Å²) in [5, 5.41) is 4.06. The predicted molar refractivity (Wildman–Crippen MR) is 85.5 cm³/mol. The van der Waals surface area contributed by atoms with Crippen molar-refractivity contribution in [2.24, 2.45) is 5.73 Å². The molecule has 3 N–H and O–H groups in total. The molecule has 2 nitrogen and oxygen atoms in total. The van der Waals surface area contributed by atoms with Crippen molar-refractivity contribution in [3.8, 4) is 0 Å². The van der Waals surface area contributed by atoms with Gasteiger partial charge in [-0.05, 0) is 50.1 Å². The number of hydrogen-bond acceptors (Lipinski definition) is 3. The van der Waals surface area contributed by atoms with Crippen molar-refractivity contribution >= 4 is 34.7 Å². The van der Waals surface area contributed by atoms with E-state index in [1.54, 1.807) is 12.1 Å². The number of benzene rings is 1. The smallest absolute Gasteiger partial charge is 0.146 e. The Morgan fingerprint density at radius 1 is 1.37 bits per heavy atom. The van der Waals surface area contributed by atoms with E-state index < -0.39 is 0 Å². The second kappa shape index (κ2) is 6.57. The minimum atomic E-state index is -0.280. The molecule has 0 atom stereocenters. The fourth-order valence-electron chi connectivity index (χ4n) is 2.45. The van der Waals surface area contributed by atoms with Crippen LogP contribution >= 0.6 is 24.0 Å². The van der Waals surface area contributed by atoms with Gasteiger partial charge in [-0.15, -0.1) is 0 Å². The van der Waals surface area contributed by atoms with E-state index in [9.17, 15) is 4.39 Å². The van der Waals surface area contributed by atoms with Gasteiger partial charge in [0.05, 0.1) is 5.69 Å². The third-order valence-electron chi connectivity index (χ3n) is 3.62. The third-order valence-corrected chi connectivity index (χ3v) is 4.99. The molecule has 0 heterocycles. The molecule has 5 heteroatoms. The number of nitrogens with one attached hydrogen (secondary N) is 1. The second-order valence-electron chi connectivity index (χ2n) is 4.91. The van der Waals surface area contributed by atoms with E-state index in [1.807, 2.05) is 11.8 Å². The number of rotatable bonds is 4. The maximum absolute atomic E-state index is 13.9. The standard InChI is InChI=1S/C14H19FN2S2/c1-19-11-5-3-10(4-6-11)17-13-7-2-9(14(16)18)8-12(13)15/h2,7-8,10-11,17H,3-6H2,1H3,(H2,16,18). The average molecular weight is 298 g/mol. The summed E-state index contributed by atoms with van der Waals surface area (Å²) in [6.07, 6.45) is 6.76. The number of hydrogen-bond donors (Lipinski definition) is 2. The van der Waals surface area contributed by atoms with Gasteiger partial charge in [-0.2, -0.15) is 11.8 Å². The Balaban J connectivity index is 1.98. The molecule has 1 saturated carbocycles. The fraction of sp³-hybridized carbons (Fsp3) is 0.500. The van der Waals surface area contributed by atoms with Gasteiger partial charge in [0.25, 0.3) is 0 Å². The second-order valence-corrected chi connectivity index (χ2v) is 6.49. The lowest BCUT2D eigenvalue weighted by Crippen LogP contribution is -2.27. The van der Waals surface area contributed by atoms with E-state index in [-0.39, 0.29) is 10.8 Å². The normalized spacial score (nSPS) is 23.1. The van der Waals surface area contributed by atoms with Crippen LogP contribution in [0.2, 0.25) is 0 Å². The molecule has 0 saturated heterocycles. The number of anilines is 1. The Kier molecular flexibility index (Phi) is 5.05. The molecule has 1 aromatic carbocycles. The third kappa shape index (κ3) is 3.83. The Bertz CT molecular complexity index is 457. The van der Waals surface area contributed by atoms with Crippen LogP contribution in [0, 0.1) is 5.82 Å². The van der Waals surface area contributed by atoms with Crippen LogP contribution in [-0.4, -0.2) is 22.5 Å². The lowest BCUT2D eigenvalue weighted by atomic mass is 9.94. The van der Waals surface area contributed by atoms with Crippen LogP contribution < -0.4 is 11.1 Å². The molecule has 0 unspecified atom stereocenters.